The molecule has 0 saturated carbocycles. The van der Waals surface area contributed by atoms with Crippen molar-refractivity contribution in [3.8, 4) is 5.69 Å². The zero-order valence-corrected chi connectivity index (χ0v) is 13.5. The van der Waals surface area contributed by atoms with E-state index in [2.05, 4.69) is 5.32 Å². The van der Waals surface area contributed by atoms with Crippen molar-refractivity contribution in [3.63, 3.8) is 0 Å². The lowest BCUT2D eigenvalue weighted by molar-refractivity contribution is 0.0995. The number of nitrogens with one attached hydrogen (secondary N) is 1. The van der Waals surface area contributed by atoms with Gasteiger partial charge in [-0.1, -0.05) is 6.07 Å². The summed E-state index contributed by atoms with van der Waals surface area (Å²) in [4.78, 5) is 23.8. The molecule has 0 aliphatic carbocycles. The predicted octanol–water partition coefficient (Wildman–Crippen LogP) is 3.28. The van der Waals surface area contributed by atoms with E-state index in [1.807, 2.05) is 0 Å². The van der Waals surface area contributed by atoms with Crippen LogP contribution in [0.25, 0.3) is 5.69 Å². The first-order valence-corrected chi connectivity index (χ1v) is 7.61. The molecule has 3 aromatic rings. The predicted molar refractivity (Wildman–Crippen MR) is 93.4 cm³/mol. The molecule has 5 nitrogen and oxygen atoms in total. The van der Waals surface area contributed by atoms with Crippen molar-refractivity contribution in [2.75, 3.05) is 5.32 Å². The average Bonchev–Trinajstić information content (AvgIpc) is 3.10. The van der Waals surface area contributed by atoms with Crippen LogP contribution < -0.4 is 11.1 Å². The normalized spacial score (nSPS) is 10.5. The summed E-state index contributed by atoms with van der Waals surface area (Å²) in [5.74, 6) is -1.55. The second-order valence-electron chi connectivity index (χ2n) is 5.55. The number of amides is 2. The monoisotopic (exact) mass is 337 g/mol. The molecule has 0 unspecified atom stereocenters. The molecule has 0 atom stereocenters. The molecule has 1 aromatic heterocycles. The van der Waals surface area contributed by atoms with E-state index >= 15 is 0 Å². The number of hydrogen-bond donors (Lipinski definition) is 2. The van der Waals surface area contributed by atoms with Crippen molar-refractivity contribution in [2.24, 2.45) is 5.73 Å². The molecule has 2 amide bonds. The zero-order valence-electron chi connectivity index (χ0n) is 13.5. The number of benzene rings is 2. The van der Waals surface area contributed by atoms with Crippen LogP contribution in [0, 0.1) is 12.7 Å². The Morgan fingerprint density at radius 3 is 2.44 bits per heavy atom. The Bertz CT molecular complexity index is 949. The first kappa shape index (κ1) is 16.4. The topological polar surface area (TPSA) is 77.1 Å². The number of carbonyl (C=O) groups excluding carboxylic acids is 2. The third-order valence-corrected chi connectivity index (χ3v) is 3.94. The van der Waals surface area contributed by atoms with Crippen molar-refractivity contribution in [3.05, 3.63) is 83.4 Å². The molecule has 0 saturated heterocycles. The fourth-order valence-electron chi connectivity index (χ4n) is 2.59. The van der Waals surface area contributed by atoms with Gasteiger partial charge in [-0.25, -0.2) is 4.39 Å². The summed E-state index contributed by atoms with van der Waals surface area (Å²) in [6, 6.07) is 12.7. The maximum Gasteiger partial charge on any atom is 0.255 e. The Hall–Kier alpha value is -3.41. The lowest BCUT2D eigenvalue weighted by atomic mass is 10.1. The maximum absolute atomic E-state index is 14.3. The van der Waals surface area contributed by atoms with E-state index in [0.29, 0.717) is 22.5 Å². The zero-order chi connectivity index (χ0) is 18.0. The largest absolute Gasteiger partial charge is 0.366 e. The molecule has 0 bridgehead atoms. The number of halogens is 1. The van der Waals surface area contributed by atoms with Gasteiger partial charge in [-0.15, -0.1) is 0 Å². The molecule has 0 aliphatic rings. The fourth-order valence-corrected chi connectivity index (χ4v) is 2.59. The minimum atomic E-state index is -0.573. The van der Waals surface area contributed by atoms with Gasteiger partial charge < -0.3 is 15.6 Å². The van der Waals surface area contributed by atoms with E-state index in [9.17, 15) is 14.0 Å². The van der Waals surface area contributed by atoms with Crippen LogP contribution in [0.3, 0.4) is 0 Å². The number of nitrogens with zero attached hydrogens (tertiary/aromatic N) is 1. The third kappa shape index (κ3) is 3.28. The molecule has 3 rings (SSSR count). The average molecular weight is 337 g/mol. The number of carbonyl (C=O) groups is 2. The number of nitrogens with two attached hydrogens (primary N) is 1. The van der Waals surface area contributed by atoms with E-state index in [-0.39, 0.29) is 5.56 Å². The molecule has 126 valence electrons. The van der Waals surface area contributed by atoms with E-state index in [1.54, 1.807) is 60.3 Å². The molecule has 0 radical (unpaired) electrons. The fraction of sp³-hybridized carbons (Fsp3) is 0.0526. The molecule has 2 aromatic carbocycles. The Labute approximate surface area is 143 Å². The molecule has 0 aliphatic heterocycles. The van der Waals surface area contributed by atoms with E-state index in [1.165, 1.54) is 12.1 Å². The van der Waals surface area contributed by atoms with Crippen LogP contribution in [0.2, 0.25) is 0 Å². The van der Waals surface area contributed by atoms with Gasteiger partial charge >= 0.3 is 0 Å². The van der Waals surface area contributed by atoms with Crippen LogP contribution >= 0.6 is 0 Å². The lowest BCUT2D eigenvalue weighted by Crippen LogP contribution is -2.17. The van der Waals surface area contributed by atoms with Crippen molar-refractivity contribution >= 4 is 17.5 Å². The Morgan fingerprint density at radius 1 is 1.08 bits per heavy atom. The van der Waals surface area contributed by atoms with Gasteiger partial charge in [-0.3, -0.25) is 9.59 Å². The third-order valence-electron chi connectivity index (χ3n) is 3.94. The van der Waals surface area contributed by atoms with Gasteiger partial charge in [0.2, 0.25) is 5.91 Å². The van der Waals surface area contributed by atoms with Gasteiger partial charge in [-0.05, 0) is 55.0 Å². The molecule has 25 heavy (non-hydrogen) atoms. The standard InChI is InChI=1S/C19H16FN3O2/c1-12-14(18(21)24)5-4-6-16(12)22-19(25)13-7-8-17(15(20)11-13)23-9-2-3-10-23/h2-11H,1H3,(H2,21,24)(H,22,25). The second-order valence-corrected chi connectivity index (χ2v) is 5.55. The van der Waals surface area contributed by atoms with Crippen LogP contribution in [0.1, 0.15) is 26.3 Å². The molecule has 3 N–H and O–H groups in total. The van der Waals surface area contributed by atoms with Gasteiger partial charge in [0, 0.05) is 29.2 Å². The highest BCUT2D eigenvalue weighted by Crippen LogP contribution is 2.21. The molecule has 6 heteroatoms. The van der Waals surface area contributed by atoms with Gasteiger partial charge in [0.15, 0.2) is 0 Å². The molecule has 0 spiro atoms. The molecular formula is C19H16FN3O2. The van der Waals surface area contributed by atoms with Gasteiger partial charge in [-0.2, -0.15) is 0 Å². The van der Waals surface area contributed by atoms with E-state index in [4.69, 9.17) is 5.73 Å². The molecule has 0 fully saturated rings. The van der Waals surface area contributed by atoms with Crippen LogP contribution in [0.4, 0.5) is 10.1 Å². The van der Waals surface area contributed by atoms with Crippen molar-refractivity contribution in [2.45, 2.75) is 6.92 Å². The van der Waals surface area contributed by atoms with Crippen molar-refractivity contribution < 1.29 is 14.0 Å². The summed E-state index contributed by atoms with van der Waals surface area (Å²) in [6.07, 6.45) is 3.44. The van der Waals surface area contributed by atoms with Crippen molar-refractivity contribution in [1.29, 1.82) is 0 Å². The molecule has 1 heterocycles. The summed E-state index contributed by atoms with van der Waals surface area (Å²) in [5, 5.41) is 2.68. The van der Waals surface area contributed by atoms with Crippen LogP contribution in [0.15, 0.2) is 60.9 Å². The summed E-state index contributed by atoms with van der Waals surface area (Å²) in [7, 11) is 0. The number of hydrogen-bond acceptors (Lipinski definition) is 2. The SMILES string of the molecule is Cc1c(NC(=O)c2ccc(-n3cccc3)c(F)c2)cccc1C(N)=O. The number of aromatic nitrogens is 1. The van der Waals surface area contributed by atoms with E-state index in [0.717, 1.165) is 0 Å². The highest BCUT2D eigenvalue weighted by molar-refractivity contribution is 6.06. The molecular weight excluding hydrogens is 321 g/mol. The summed E-state index contributed by atoms with van der Waals surface area (Å²) >= 11 is 0. The van der Waals surface area contributed by atoms with Gasteiger partial charge in [0.1, 0.15) is 5.82 Å². The first-order chi connectivity index (χ1) is 12.0. The van der Waals surface area contributed by atoms with E-state index < -0.39 is 17.6 Å². The maximum atomic E-state index is 14.3. The van der Waals surface area contributed by atoms with Gasteiger partial charge in [0.25, 0.3) is 5.91 Å². The van der Waals surface area contributed by atoms with Crippen molar-refractivity contribution in [1.82, 2.24) is 4.57 Å². The smallest absolute Gasteiger partial charge is 0.255 e. The number of primary amides is 1. The minimum absolute atomic E-state index is 0.178. The second kappa shape index (κ2) is 6.60. The highest BCUT2D eigenvalue weighted by atomic mass is 19.1. The Balaban J connectivity index is 1.86. The lowest BCUT2D eigenvalue weighted by Gasteiger charge is -2.12. The first-order valence-electron chi connectivity index (χ1n) is 7.61. The highest BCUT2D eigenvalue weighted by Gasteiger charge is 2.14. The Kier molecular flexibility index (Phi) is 4.35. The number of rotatable bonds is 4. The quantitative estimate of drug-likeness (QED) is 0.766. The summed E-state index contributed by atoms with van der Waals surface area (Å²) in [5.41, 5.74) is 7.18. The summed E-state index contributed by atoms with van der Waals surface area (Å²) < 4.78 is 15.9. The van der Waals surface area contributed by atoms with Crippen LogP contribution in [-0.2, 0) is 0 Å². The minimum Gasteiger partial charge on any atom is -0.366 e. The van der Waals surface area contributed by atoms with Gasteiger partial charge in [0.05, 0.1) is 5.69 Å². The van der Waals surface area contributed by atoms with Crippen LogP contribution in [0.5, 0.6) is 0 Å². The van der Waals surface area contributed by atoms with Crippen LogP contribution in [-0.4, -0.2) is 16.4 Å². The summed E-state index contributed by atoms with van der Waals surface area (Å²) in [6.45, 7) is 1.69. The number of anilines is 1. The Morgan fingerprint density at radius 2 is 1.80 bits per heavy atom.